The number of amides is 2. The van der Waals surface area contributed by atoms with Crippen molar-refractivity contribution in [1.29, 1.82) is 0 Å². The lowest BCUT2D eigenvalue weighted by atomic mass is 10.0. The fourth-order valence-electron chi connectivity index (χ4n) is 5.18. The number of carbonyl (C=O) groups excluding carboxylic acids is 3. The highest BCUT2D eigenvalue weighted by Crippen LogP contribution is 2.13. The zero-order valence-corrected chi connectivity index (χ0v) is 26.8. The van der Waals surface area contributed by atoms with Crippen LogP contribution < -0.4 is 10.6 Å². The van der Waals surface area contributed by atoms with Crippen molar-refractivity contribution in [2.75, 3.05) is 13.7 Å². The normalized spacial score (nSPS) is 11.8. The number of nitrogens with one attached hydrogen (secondary N) is 2. The second-order valence-electron chi connectivity index (χ2n) is 11.7. The summed E-state index contributed by atoms with van der Waals surface area (Å²) in [5.74, 6) is -0.433. The van der Waals surface area contributed by atoms with E-state index in [-0.39, 0.29) is 11.8 Å². The Labute approximate surface area is 247 Å². The molecule has 0 radical (unpaired) electrons. The third kappa shape index (κ3) is 26.6. The number of esters is 1. The number of hydrogen-bond acceptors (Lipinski definition) is 4. The molecule has 0 aromatic heterocycles. The molecular formula is C34H66N2O4. The van der Waals surface area contributed by atoms with Gasteiger partial charge in [-0.3, -0.25) is 9.59 Å². The van der Waals surface area contributed by atoms with Crippen molar-refractivity contribution in [2.24, 2.45) is 0 Å². The molecule has 0 heterocycles. The Balaban J connectivity index is 3.78. The van der Waals surface area contributed by atoms with Gasteiger partial charge in [0.05, 0.1) is 7.11 Å². The molecule has 0 rings (SSSR count). The summed E-state index contributed by atoms with van der Waals surface area (Å²) in [5.41, 5.74) is 0. The van der Waals surface area contributed by atoms with Gasteiger partial charge in [-0.2, -0.15) is 0 Å². The maximum Gasteiger partial charge on any atom is 0.328 e. The van der Waals surface area contributed by atoms with Crippen LogP contribution in [0.4, 0.5) is 0 Å². The minimum atomic E-state index is -0.645. The van der Waals surface area contributed by atoms with E-state index in [0.29, 0.717) is 32.2 Å². The van der Waals surface area contributed by atoms with Gasteiger partial charge in [0.1, 0.15) is 6.04 Å². The summed E-state index contributed by atoms with van der Waals surface area (Å²) in [6.07, 6.45) is 29.7. The van der Waals surface area contributed by atoms with Gasteiger partial charge in [0.15, 0.2) is 0 Å². The van der Waals surface area contributed by atoms with E-state index in [2.05, 4.69) is 24.5 Å². The van der Waals surface area contributed by atoms with Crippen molar-refractivity contribution in [2.45, 2.75) is 187 Å². The molecule has 0 aromatic carbocycles. The van der Waals surface area contributed by atoms with Crippen LogP contribution in [-0.4, -0.2) is 37.5 Å². The molecule has 6 nitrogen and oxygen atoms in total. The average Bonchev–Trinajstić information content (AvgIpc) is 2.95. The third-order valence-corrected chi connectivity index (χ3v) is 7.83. The number of carbonyl (C=O) groups is 3. The fourth-order valence-corrected chi connectivity index (χ4v) is 5.18. The molecule has 0 fully saturated rings. The highest BCUT2D eigenvalue weighted by molar-refractivity contribution is 5.84. The van der Waals surface area contributed by atoms with Gasteiger partial charge in [0, 0.05) is 19.4 Å². The van der Waals surface area contributed by atoms with Crippen LogP contribution in [0.5, 0.6) is 0 Å². The summed E-state index contributed by atoms with van der Waals surface area (Å²) in [4.78, 5) is 36.6. The molecule has 0 bridgehead atoms. The van der Waals surface area contributed by atoms with E-state index in [1.54, 1.807) is 0 Å². The number of rotatable bonds is 30. The van der Waals surface area contributed by atoms with Crippen LogP contribution in [0.3, 0.4) is 0 Å². The van der Waals surface area contributed by atoms with Gasteiger partial charge >= 0.3 is 5.97 Å². The topological polar surface area (TPSA) is 84.5 Å². The summed E-state index contributed by atoms with van der Waals surface area (Å²) in [6, 6.07) is -0.645. The van der Waals surface area contributed by atoms with E-state index < -0.39 is 12.0 Å². The molecule has 0 unspecified atom stereocenters. The Morgan fingerprint density at radius 3 is 1.30 bits per heavy atom. The van der Waals surface area contributed by atoms with Crippen LogP contribution in [0.1, 0.15) is 181 Å². The lowest BCUT2D eigenvalue weighted by Crippen LogP contribution is -2.42. The molecule has 40 heavy (non-hydrogen) atoms. The zero-order valence-electron chi connectivity index (χ0n) is 26.8. The highest BCUT2D eigenvalue weighted by atomic mass is 16.5. The number of hydrogen-bond donors (Lipinski definition) is 2. The minimum absolute atomic E-state index is 0.0751. The SMILES string of the molecule is CCCCCCCCCCCCCC(=O)NCCC[C@H](NC(=O)CCCCCCCCCCCCC)C(=O)OC. The minimum Gasteiger partial charge on any atom is -0.467 e. The number of ether oxygens (including phenoxy) is 1. The summed E-state index contributed by atoms with van der Waals surface area (Å²) in [5, 5.41) is 5.80. The van der Waals surface area contributed by atoms with Crippen molar-refractivity contribution in [3.05, 3.63) is 0 Å². The van der Waals surface area contributed by atoms with Crippen LogP contribution in [-0.2, 0) is 19.1 Å². The predicted octanol–water partition coefficient (Wildman–Crippen LogP) is 8.94. The van der Waals surface area contributed by atoms with Crippen molar-refractivity contribution < 1.29 is 19.1 Å². The lowest BCUT2D eigenvalue weighted by Gasteiger charge is -2.16. The van der Waals surface area contributed by atoms with Crippen LogP contribution in [0, 0.1) is 0 Å². The first kappa shape index (κ1) is 38.4. The van der Waals surface area contributed by atoms with E-state index in [0.717, 1.165) is 25.7 Å². The first-order valence-corrected chi connectivity index (χ1v) is 17.2. The van der Waals surface area contributed by atoms with E-state index in [1.165, 1.54) is 123 Å². The smallest absolute Gasteiger partial charge is 0.328 e. The monoisotopic (exact) mass is 567 g/mol. The average molecular weight is 567 g/mol. The summed E-state index contributed by atoms with van der Waals surface area (Å²) < 4.78 is 4.88. The van der Waals surface area contributed by atoms with Gasteiger partial charge in [-0.1, -0.05) is 142 Å². The van der Waals surface area contributed by atoms with Crippen LogP contribution >= 0.6 is 0 Å². The van der Waals surface area contributed by atoms with Crippen molar-refractivity contribution in [3.8, 4) is 0 Å². The third-order valence-electron chi connectivity index (χ3n) is 7.83. The van der Waals surface area contributed by atoms with E-state index in [1.807, 2.05) is 0 Å². The quantitative estimate of drug-likeness (QED) is 0.0671. The molecule has 0 saturated heterocycles. The molecule has 0 spiro atoms. The molecule has 0 aliphatic rings. The van der Waals surface area contributed by atoms with Crippen molar-refractivity contribution in [1.82, 2.24) is 10.6 Å². The van der Waals surface area contributed by atoms with Gasteiger partial charge in [-0.15, -0.1) is 0 Å². The molecule has 0 aliphatic carbocycles. The Kier molecular flexibility index (Phi) is 29.2. The van der Waals surface area contributed by atoms with Gasteiger partial charge in [-0.25, -0.2) is 4.79 Å². The summed E-state index contributed by atoms with van der Waals surface area (Å²) >= 11 is 0. The van der Waals surface area contributed by atoms with Crippen molar-refractivity contribution in [3.63, 3.8) is 0 Å². The van der Waals surface area contributed by atoms with E-state index in [9.17, 15) is 14.4 Å². The first-order valence-electron chi connectivity index (χ1n) is 17.2. The van der Waals surface area contributed by atoms with E-state index in [4.69, 9.17) is 4.74 Å². The second-order valence-corrected chi connectivity index (χ2v) is 11.7. The highest BCUT2D eigenvalue weighted by Gasteiger charge is 2.20. The maximum absolute atomic E-state index is 12.4. The second kappa shape index (κ2) is 30.4. The maximum atomic E-state index is 12.4. The number of unbranched alkanes of at least 4 members (excludes halogenated alkanes) is 20. The fraction of sp³-hybridized carbons (Fsp3) is 0.912. The largest absolute Gasteiger partial charge is 0.467 e. The standard InChI is InChI=1S/C34H66N2O4/c1-4-6-8-10-12-14-16-18-20-22-24-28-32(37)35-30-26-27-31(34(39)40-3)36-33(38)29-25-23-21-19-17-15-13-11-9-7-5-2/h31H,4-30H2,1-3H3,(H,35,37)(H,36,38)/t31-/m0/s1. The lowest BCUT2D eigenvalue weighted by molar-refractivity contribution is -0.145. The van der Waals surface area contributed by atoms with Crippen LogP contribution in [0.15, 0.2) is 0 Å². The molecule has 236 valence electrons. The molecular weight excluding hydrogens is 500 g/mol. The summed E-state index contributed by atoms with van der Waals surface area (Å²) in [6.45, 7) is 5.01. The Morgan fingerprint density at radius 1 is 0.525 bits per heavy atom. The van der Waals surface area contributed by atoms with Gasteiger partial charge in [0.25, 0.3) is 0 Å². The first-order chi connectivity index (χ1) is 19.5. The molecule has 1 atom stereocenters. The molecule has 0 saturated carbocycles. The molecule has 2 amide bonds. The van der Waals surface area contributed by atoms with Gasteiger partial charge in [-0.05, 0) is 25.7 Å². The molecule has 0 aliphatic heterocycles. The molecule has 6 heteroatoms. The van der Waals surface area contributed by atoms with E-state index >= 15 is 0 Å². The Hall–Kier alpha value is -1.59. The van der Waals surface area contributed by atoms with Gasteiger partial charge in [0.2, 0.25) is 11.8 Å². The van der Waals surface area contributed by atoms with Gasteiger partial charge < -0.3 is 15.4 Å². The Morgan fingerprint density at radius 2 is 0.900 bits per heavy atom. The summed E-state index contributed by atoms with van der Waals surface area (Å²) in [7, 11) is 1.35. The van der Waals surface area contributed by atoms with Crippen molar-refractivity contribution >= 4 is 17.8 Å². The zero-order chi connectivity index (χ0) is 29.5. The van der Waals surface area contributed by atoms with Crippen LogP contribution in [0.25, 0.3) is 0 Å². The number of methoxy groups -OCH3 is 1. The van der Waals surface area contributed by atoms with Crippen LogP contribution in [0.2, 0.25) is 0 Å². The molecule has 2 N–H and O–H groups in total. The predicted molar refractivity (Wildman–Crippen MR) is 168 cm³/mol. The Bertz CT molecular complexity index is 596. The molecule has 0 aromatic rings.